The van der Waals surface area contributed by atoms with Crippen LogP contribution in [0, 0.1) is 0 Å². The van der Waals surface area contributed by atoms with E-state index in [0.29, 0.717) is 18.0 Å². The Bertz CT molecular complexity index is 523. The summed E-state index contributed by atoms with van der Waals surface area (Å²) in [7, 11) is 0. The largest absolute Gasteiger partial charge is 0.493 e. The highest BCUT2D eigenvalue weighted by molar-refractivity contribution is 6.02. The summed E-state index contributed by atoms with van der Waals surface area (Å²) >= 11 is 0. The lowest BCUT2D eigenvalue weighted by Gasteiger charge is -2.12. The van der Waals surface area contributed by atoms with Crippen molar-refractivity contribution in [3.63, 3.8) is 0 Å². The van der Waals surface area contributed by atoms with E-state index in [1.165, 1.54) is 0 Å². The number of rotatable bonds is 4. The van der Waals surface area contributed by atoms with Gasteiger partial charge < -0.3 is 16.2 Å². The predicted octanol–water partition coefficient (Wildman–Crippen LogP) is 3.18. The second-order valence-electron chi connectivity index (χ2n) is 4.13. The average molecular weight is 230 g/mol. The zero-order chi connectivity index (χ0) is 12.3. The van der Waals surface area contributed by atoms with Crippen LogP contribution in [0.5, 0.6) is 5.75 Å². The molecule has 0 saturated carbocycles. The monoisotopic (exact) mass is 230 g/mol. The molecule has 3 nitrogen and oxygen atoms in total. The van der Waals surface area contributed by atoms with Crippen molar-refractivity contribution in [2.75, 3.05) is 18.1 Å². The van der Waals surface area contributed by atoms with Crippen molar-refractivity contribution in [2.45, 2.75) is 19.8 Å². The summed E-state index contributed by atoms with van der Waals surface area (Å²) in [6.07, 6.45) is 2.15. The minimum absolute atomic E-state index is 0.579. The highest BCUT2D eigenvalue weighted by Crippen LogP contribution is 2.34. The van der Waals surface area contributed by atoms with Crippen LogP contribution < -0.4 is 16.2 Å². The third-order valence-corrected chi connectivity index (χ3v) is 2.84. The molecular weight excluding hydrogens is 212 g/mol. The third kappa shape index (κ3) is 2.28. The van der Waals surface area contributed by atoms with E-state index in [0.717, 1.165) is 29.4 Å². The first-order chi connectivity index (χ1) is 8.24. The van der Waals surface area contributed by atoms with Crippen LogP contribution in [0.25, 0.3) is 10.8 Å². The van der Waals surface area contributed by atoms with Gasteiger partial charge in [-0.3, -0.25) is 0 Å². The molecule has 0 amide bonds. The van der Waals surface area contributed by atoms with Gasteiger partial charge >= 0.3 is 0 Å². The number of nitrogens with two attached hydrogens (primary N) is 2. The maximum absolute atomic E-state index is 5.96. The summed E-state index contributed by atoms with van der Waals surface area (Å²) < 4.78 is 5.76. The van der Waals surface area contributed by atoms with Crippen molar-refractivity contribution in [3.8, 4) is 5.75 Å². The van der Waals surface area contributed by atoms with Crippen LogP contribution in [-0.4, -0.2) is 6.61 Å². The number of nitrogen functional groups attached to an aromatic ring is 2. The van der Waals surface area contributed by atoms with E-state index >= 15 is 0 Å². The van der Waals surface area contributed by atoms with Crippen molar-refractivity contribution in [3.05, 3.63) is 30.3 Å². The van der Waals surface area contributed by atoms with E-state index in [2.05, 4.69) is 6.92 Å². The number of hydrogen-bond acceptors (Lipinski definition) is 3. The first-order valence-electron chi connectivity index (χ1n) is 5.93. The molecule has 0 aliphatic carbocycles. The molecule has 2 aromatic rings. The maximum atomic E-state index is 5.96. The summed E-state index contributed by atoms with van der Waals surface area (Å²) in [6, 6.07) is 9.71. The second kappa shape index (κ2) is 4.95. The Balaban J connectivity index is 2.44. The molecule has 17 heavy (non-hydrogen) atoms. The lowest BCUT2D eigenvalue weighted by Crippen LogP contribution is -2.01. The van der Waals surface area contributed by atoms with E-state index in [1.807, 2.05) is 30.3 Å². The lowest BCUT2D eigenvalue weighted by atomic mass is 10.1. The number of unbranched alkanes of at least 4 members (excludes halogenated alkanes) is 1. The SMILES string of the molecule is CCCCOc1cc(N)c(N)c2ccccc12. The Hall–Kier alpha value is -1.90. The first-order valence-corrected chi connectivity index (χ1v) is 5.93. The number of ether oxygens (including phenoxy) is 1. The molecule has 3 heteroatoms. The molecule has 0 unspecified atom stereocenters. The van der Waals surface area contributed by atoms with E-state index in [9.17, 15) is 0 Å². The fraction of sp³-hybridized carbons (Fsp3) is 0.286. The molecule has 0 aliphatic rings. The molecule has 0 aromatic heterocycles. The highest BCUT2D eigenvalue weighted by Gasteiger charge is 2.08. The van der Waals surface area contributed by atoms with Gasteiger partial charge in [0.1, 0.15) is 5.75 Å². The Kier molecular flexibility index (Phi) is 3.38. The standard InChI is InChI=1S/C14H18N2O/c1-2-3-8-17-13-9-12(15)14(16)11-7-5-4-6-10(11)13/h4-7,9H,2-3,8,15-16H2,1H3. The fourth-order valence-electron chi connectivity index (χ4n) is 1.83. The van der Waals surface area contributed by atoms with Gasteiger partial charge in [0.2, 0.25) is 0 Å². The Morgan fingerprint density at radius 2 is 1.82 bits per heavy atom. The zero-order valence-electron chi connectivity index (χ0n) is 10.1. The van der Waals surface area contributed by atoms with Crippen molar-refractivity contribution in [1.82, 2.24) is 0 Å². The molecule has 0 spiro atoms. The molecule has 0 aliphatic heterocycles. The Morgan fingerprint density at radius 3 is 2.53 bits per heavy atom. The molecular formula is C14H18N2O. The number of anilines is 2. The van der Waals surface area contributed by atoms with Crippen LogP contribution >= 0.6 is 0 Å². The van der Waals surface area contributed by atoms with Crippen LogP contribution in [0.4, 0.5) is 11.4 Å². The van der Waals surface area contributed by atoms with E-state index < -0.39 is 0 Å². The van der Waals surface area contributed by atoms with Gasteiger partial charge in [0.15, 0.2) is 0 Å². The van der Waals surface area contributed by atoms with E-state index in [1.54, 1.807) is 0 Å². The topological polar surface area (TPSA) is 61.3 Å². The quantitative estimate of drug-likeness (QED) is 0.626. The van der Waals surface area contributed by atoms with Crippen molar-refractivity contribution >= 4 is 22.1 Å². The molecule has 2 rings (SSSR count). The lowest BCUT2D eigenvalue weighted by molar-refractivity contribution is 0.313. The Morgan fingerprint density at radius 1 is 1.12 bits per heavy atom. The minimum atomic E-state index is 0.579. The normalized spacial score (nSPS) is 10.6. The van der Waals surface area contributed by atoms with Crippen LogP contribution in [0.3, 0.4) is 0 Å². The van der Waals surface area contributed by atoms with Crippen molar-refractivity contribution in [2.24, 2.45) is 0 Å². The second-order valence-corrected chi connectivity index (χ2v) is 4.13. The average Bonchev–Trinajstić information content (AvgIpc) is 2.36. The van der Waals surface area contributed by atoms with Crippen LogP contribution in [0.2, 0.25) is 0 Å². The highest BCUT2D eigenvalue weighted by atomic mass is 16.5. The molecule has 0 fully saturated rings. The van der Waals surface area contributed by atoms with E-state index in [4.69, 9.17) is 16.2 Å². The van der Waals surface area contributed by atoms with Gasteiger partial charge in [-0.1, -0.05) is 37.6 Å². The summed E-state index contributed by atoms with van der Waals surface area (Å²) in [4.78, 5) is 0. The fourth-order valence-corrected chi connectivity index (χ4v) is 1.83. The van der Waals surface area contributed by atoms with Gasteiger partial charge in [0.05, 0.1) is 18.0 Å². The summed E-state index contributed by atoms with van der Waals surface area (Å²) in [5, 5.41) is 1.98. The molecule has 0 atom stereocenters. The van der Waals surface area contributed by atoms with Gasteiger partial charge in [-0.05, 0) is 6.42 Å². The predicted molar refractivity (Wildman–Crippen MR) is 73.2 cm³/mol. The maximum Gasteiger partial charge on any atom is 0.129 e. The van der Waals surface area contributed by atoms with Gasteiger partial charge in [0, 0.05) is 16.8 Å². The molecule has 0 bridgehead atoms. The van der Waals surface area contributed by atoms with Gasteiger partial charge in [-0.2, -0.15) is 0 Å². The third-order valence-electron chi connectivity index (χ3n) is 2.84. The molecule has 90 valence electrons. The van der Waals surface area contributed by atoms with Gasteiger partial charge in [-0.15, -0.1) is 0 Å². The van der Waals surface area contributed by atoms with Crippen LogP contribution in [-0.2, 0) is 0 Å². The molecule has 0 saturated heterocycles. The summed E-state index contributed by atoms with van der Waals surface area (Å²) in [6.45, 7) is 2.85. The van der Waals surface area contributed by atoms with Crippen LogP contribution in [0.1, 0.15) is 19.8 Å². The molecule has 4 N–H and O–H groups in total. The van der Waals surface area contributed by atoms with Gasteiger partial charge in [0.25, 0.3) is 0 Å². The zero-order valence-corrected chi connectivity index (χ0v) is 10.1. The summed E-state index contributed by atoms with van der Waals surface area (Å²) in [5.74, 6) is 0.820. The molecule has 0 heterocycles. The smallest absolute Gasteiger partial charge is 0.129 e. The van der Waals surface area contributed by atoms with E-state index in [-0.39, 0.29) is 0 Å². The molecule has 0 radical (unpaired) electrons. The number of hydrogen-bond donors (Lipinski definition) is 2. The Labute approximate surface area is 101 Å². The minimum Gasteiger partial charge on any atom is -0.493 e. The van der Waals surface area contributed by atoms with Gasteiger partial charge in [-0.25, -0.2) is 0 Å². The summed E-state index contributed by atoms with van der Waals surface area (Å²) in [5.41, 5.74) is 13.1. The number of fused-ring (bicyclic) bond motifs is 1. The molecule has 2 aromatic carbocycles. The van der Waals surface area contributed by atoms with Crippen LogP contribution in [0.15, 0.2) is 30.3 Å². The first kappa shape index (κ1) is 11.6. The van der Waals surface area contributed by atoms with Crippen molar-refractivity contribution in [1.29, 1.82) is 0 Å². The number of benzene rings is 2. The van der Waals surface area contributed by atoms with Crippen molar-refractivity contribution < 1.29 is 4.74 Å².